The quantitative estimate of drug-likeness (QED) is 0.617. The Morgan fingerprint density at radius 1 is 1.09 bits per heavy atom. The predicted octanol–water partition coefficient (Wildman–Crippen LogP) is 4.03. The highest BCUT2D eigenvalue weighted by Crippen LogP contribution is 2.31. The van der Waals surface area contributed by atoms with Crippen LogP contribution in [0.4, 0.5) is 24.0 Å². The van der Waals surface area contributed by atoms with Crippen LogP contribution >= 0.6 is 11.3 Å². The van der Waals surface area contributed by atoms with Crippen molar-refractivity contribution in [1.82, 2.24) is 14.8 Å². The van der Waals surface area contributed by atoms with Crippen molar-refractivity contribution in [2.45, 2.75) is 12.6 Å². The van der Waals surface area contributed by atoms with Crippen LogP contribution in [0.25, 0.3) is 0 Å². The van der Waals surface area contributed by atoms with Crippen LogP contribution in [0.2, 0.25) is 0 Å². The summed E-state index contributed by atoms with van der Waals surface area (Å²) in [6, 6.07) is 8.10. The molecule has 0 atom stereocenters. The summed E-state index contributed by atoms with van der Waals surface area (Å²) in [6.45, 7) is 1.63. The number of hydrogen-bond acceptors (Lipinski definition) is 6. The Kier molecular flexibility index (Phi) is 6.17. The van der Waals surface area contributed by atoms with Crippen molar-refractivity contribution in [1.29, 1.82) is 0 Å². The molecule has 4 rings (SSSR count). The summed E-state index contributed by atoms with van der Waals surface area (Å²) < 4.78 is 43.7. The van der Waals surface area contributed by atoms with Crippen molar-refractivity contribution in [3.05, 3.63) is 65.1 Å². The SMILES string of the molecule is O=C(Cc1csc(Nc2cccc(C(F)(F)F)c2)n1)N1CCN(C(=O)c2ccco2)CC1. The third-order valence-electron chi connectivity index (χ3n) is 4.98. The number of carbonyl (C=O) groups excluding carboxylic acids is 2. The van der Waals surface area contributed by atoms with E-state index < -0.39 is 11.7 Å². The Morgan fingerprint density at radius 2 is 1.84 bits per heavy atom. The van der Waals surface area contributed by atoms with Crippen molar-refractivity contribution in [2.24, 2.45) is 0 Å². The summed E-state index contributed by atoms with van der Waals surface area (Å²) in [4.78, 5) is 32.6. The van der Waals surface area contributed by atoms with Gasteiger partial charge in [0.25, 0.3) is 5.91 Å². The first-order valence-electron chi connectivity index (χ1n) is 9.79. The number of halogens is 3. The maximum absolute atomic E-state index is 12.9. The van der Waals surface area contributed by atoms with Gasteiger partial charge in [0, 0.05) is 37.2 Å². The largest absolute Gasteiger partial charge is 0.459 e. The number of rotatable bonds is 5. The second-order valence-corrected chi connectivity index (χ2v) is 8.03. The number of nitrogens with one attached hydrogen (secondary N) is 1. The maximum Gasteiger partial charge on any atom is 0.416 e. The van der Waals surface area contributed by atoms with Gasteiger partial charge in [-0.1, -0.05) is 6.07 Å². The lowest BCUT2D eigenvalue weighted by molar-refractivity contribution is -0.137. The summed E-state index contributed by atoms with van der Waals surface area (Å²) in [5.74, 6) is -0.0500. The van der Waals surface area contributed by atoms with E-state index in [1.165, 1.54) is 29.7 Å². The number of hydrogen-bond donors (Lipinski definition) is 1. The van der Waals surface area contributed by atoms with Gasteiger partial charge in [0.2, 0.25) is 5.91 Å². The highest BCUT2D eigenvalue weighted by Gasteiger charge is 2.30. The van der Waals surface area contributed by atoms with Gasteiger partial charge in [-0.05, 0) is 30.3 Å². The summed E-state index contributed by atoms with van der Waals surface area (Å²) in [6.07, 6.45) is -2.91. The first-order valence-corrected chi connectivity index (χ1v) is 10.7. The van der Waals surface area contributed by atoms with Gasteiger partial charge in [0.15, 0.2) is 10.9 Å². The van der Waals surface area contributed by atoms with Gasteiger partial charge in [-0.15, -0.1) is 11.3 Å². The van der Waals surface area contributed by atoms with Gasteiger partial charge in [-0.25, -0.2) is 4.98 Å². The van der Waals surface area contributed by atoms with Gasteiger partial charge in [-0.2, -0.15) is 13.2 Å². The average molecular weight is 464 g/mol. The molecular formula is C21H19F3N4O3S. The fourth-order valence-electron chi connectivity index (χ4n) is 3.32. The molecule has 0 unspecified atom stereocenters. The zero-order valence-electron chi connectivity index (χ0n) is 16.8. The van der Waals surface area contributed by atoms with Crippen LogP contribution < -0.4 is 5.32 Å². The second-order valence-electron chi connectivity index (χ2n) is 7.17. The van der Waals surface area contributed by atoms with E-state index >= 15 is 0 Å². The standard InChI is InChI=1S/C21H19F3N4O3S/c22-21(23,24)14-3-1-4-15(11-14)25-20-26-16(13-32-20)12-18(29)27-6-8-28(9-7-27)19(30)17-5-2-10-31-17/h1-5,10-11,13H,6-9,12H2,(H,25,26). The van der Waals surface area contributed by atoms with Crippen molar-refractivity contribution in [3.8, 4) is 0 Å². The molecule has 3 heterocycles. The van der Waals surface area contributed by atoms with E-state index in [0.29, 0.717) is 37.0 Å². The third kappa shape index (κ3) is 5.10. The van der Waals surface area contributed by atoms with E-state index in [4.69, 9.17) is 4.42 Å². The zero-order valence-corrected chi connectivity index (χ0v) is 17.6. The molecule has 11 heteroatoms. The molecule has 0 spiro atoms. The van der Waals surface area contributed by atoms with E-state index in [1.54, 1.807) is 27.3 Å². The fourth-order valence-corrected chi connectivity index (χ4v) is 4.05. The Balaban J connectivity index is 1.30. The molecule has 1 aliphatic heterocycles. The molecular weight excluding hydrogens is 445 g/mol. The molecule has 1 saturated heterocycles. The summed E-state index contributed by atoms with van der Waals surface area (Å²) in [7, 11) is 0. The van der Waals surface area contributed by atoms with Gasteiger partial charge >= 0.3 is 6.18 Å². The highest BCUT2D eigenvalue weighted by molar-refractivity contribution is 7.13. The summed E-state index contributed by atoms with van der Waals surface area (Å²) in [5.41, 5.74) is 0.0482. The number of carbonyl (C=O) groups is 2. The molecule has 1 aliphatic rings. The van der Waals surface area contributed by atoms with Crippen LogP contribution in [-0.4, -0.2) is 52.8 Å². The fraction of sp³-hybridized carbons (Fsp3) is 0.286. The van der Waals surface area contributed by atoms with E-state index in [9.17, 15) is 22.8 Å². The van der Waals surface area contributed by atoms with Crippen molar-refractivity contribution < 1.29 is 27.2 Å². The normalized spacial score (nSPS) is 14.5. The lowest BCUT2D eigenvalue weighted by Gasteiger charge is -2.34. The smallest absolute Gasteiger partial charge is 0.416 e. The minimum atomic E-state index is -4.43. The van der Waals surface area contributed by atoms with Crippen molar-refractivity contribution in [3.63, 3.8) is 0 Å². The predicted molar refractivity (Wildman–Crippen MR) is 112 cm³/mol. The highest BCUT2D eigenvalue weighted by atomic mass is 32.1. The number of thiazole rings is 1. The Morgan fingerprint density at radius 3 is 2.53 bits per heavy atom. The molecule has 1 aromatic carbocycles. The van der Waals surface area contributed by atoms with E-state index in [0.717, 1.165) is 12.1 Å². The molecule has 168 valence electrons. The number of amides is 2. The lowest BCUT2D eigenvalue weighted by atomic mass is 10.2. The van der Waals surface area contributed by atoms with Crippen molar-refractivity contribution in [2.75, 3.05) is 31.5 Å². The molecule has 0 radical (unpaired) electrons. The zero-order chi connectivity index (χ0) is 22.7. The Labute approximate surface area is 185 Å². The van der Waals surface area contributed by atoms with Crippen molar-refractivity contribution >= 4 is 34.0 Å². The Hall–Kier alpha value is -3.34. The molecule has 2 amide bonds. The molecule has 3 aromatic rings. The number of benzene rings is 1. The molecule has 0 saturated carbocycles. The first kappa shape index (κ1) is 21.9. The van der Waals surface area contributed by atoms with Gasteiger partial charge in [0.05, 0.1) is 23.9 Å². The number of nitrogens with zero attached hydrogens (tertiary/aromatic N) is 3. The number of alkyl halides is 3. The van der Waals surface area contributed by atoms with Crippen LogP contribution in [0.5, 0.6) is 0 Å². The van der Waals surface area contributed by atoms with Crippen LogP contribution in [-0.2, 0) is 17.4 Å². The van der Waals surface area contributed by atoms with Gasteiger partial charge in [0.1, 0.15) is 0 Å². The second kappa shape index (κ2) is 9.03. The number of anilines is 2. The van der Waals surface area contributed by atoms with E-state index in [2.05, 4.69) is 10.3 Å². The van der Waals surface area contributed by atoms with Crippen LogP contribution in [0.3, 0.4) is 0 Å². The van der Waals surface area contributed by atoms with Crippen LogP contribution in [0.1, 0.15) is 21.8 Å². The molecule has 1 fully saturated rings. The number of piperazine rings is 1. The van der Waals surface area contributed by atoms with Gasteiger partial charge in [-0.3, -0.25) is 9.59 Å². The number of aromatic nitrogens is 1. The monoisotopic (exact) mass is 464 g/mol. The van der Waals surface area contributed by atoms with Crippen LogP contribution in [0, 0.1) is 0 Å². The molecule has 1 N–H and O–H groups in total. The molecule has 32 heavy (non-hydrogen) atoms. The van der Waals surface area contributed by atoms with E-state index in [1.807, 2.05) is 0 Å². The maximum atomic E-state index is 12.9. The molecule has 0 aliphatic carbocycles. The summed E-state index contributed by atoms with van der Waals surface area (Å²) >= 11 is 1.21. The molecule has 0 bridgehead atoms. The Bertz CT molecular complexity index is 1090. The van der Waals surface area contributed by atoms with Crippen LogP contribution in [0.15, 0.2) is 52.5 Å². The topological polar surface area (TPSA) is 78.7 Å². The van der Waals surface area contributed by atoms with Gasteiger partial charge < -0.3 is 19.5 Å². The number of furan rings is 1. The first-order chi connectivity index (χ1) is 15.3. The minimum absolute atomic E-state index is 0.0763. The molecule has 7 nitrogen and oxygen atoms in total. The minimum Gasteiger partial charge on any atom is -0.459 e. The third-order valence-corrected chi connectivity index (χ3v) is 5.78. The lowest BCUT2D eigenvalue weighted by Crippen LogP contribution is -2.50. The average Bonchev–Trinajstić information content (AvgIpc) is 3.45. The molecule has 2 aromatic heterocycles. The summed E-state index contributed by atoms with van der Waals surface area (Å²) in [5, 5.41) is 4.95. The van der Waals surface area contributed by atoms with E-state index in [-0.39, 0.29) is 29.7 Å².